The molecule has 1 aliphatic heterocycles. The third-order valence-corrected chi connectivity index (χ3v) is 7.51. The number of methoxy groups -OCH3 is 1. The molecule has 5 rings (SSSR count). The Kier molecular flexibility index (Phi) is 6.85. The van der Waals surface area contributed by atoms with Crippen molar-refractivity contribution in [2.24, 2.45) is 0 Å². The molecule has 3 heterocycles. The van der Waals surface area contributed by atoms with Gasteiger partial charge in [-0.15, -0.1) is 0 Å². The highest BCUT2D eigenvalue weighted by molar-refractivity contribution is 6.00. The summed E-state index contributed by atoms with van der Waals surface area (Å²) in [6.07, 6.45) is 9.45. The van der Waals surface area contributed by atoms with Crippen molar-refractivity contribution < 1.29 is 18.7 Å². The fourth-order valence-corrected chi connectivity index (χ4v) is 5.29. The average Bonchev–Trinajstić information content (AvgIpc) is 3.53. The zero-order valence-corrected chi connectivity index (χ0v) is 21.0. The van der Waals surface area contributed by atoms with Gasteiger partial charge in [0.2, 0.25) is 5.91 Å². The van der Waals surface area contributed by atoms with E-state index in [1.165, 1.54) is 19.3 Å². The minimum Gasteiger partial charge on any atom is -0.497 e. The lowest BCUT2D eigenvalue weighted by molar-refractivity contribution is -0.134. The van der Waals surface area contributed by atoms with Gasteiger partial charge in [0.05, 0.1) is 32.2 Å². The molecule has 1 aliphatic carbocycles. The molecule has 8 nitrogen and oxygen atoms in total. The largest absolute Gasteiger partial charge is 0.497 e. The van der Waals surface area contributed by atoms with Crippen LogP contribution < -0.4 is 10.1 Å². The molecule has 1 atom stereocenters. The second-order valence-corrected chi connectivity index (χ2v) is 10.1. The summed E-state index contributed by atoms with van der Waals surface area (Å²) in [5.41, 5.74) is 0.915. The van der Waals surface area contributed by atoms with E-state index in [4.69, 9.17) is 14.3 Å². The van der Waals surface area contributed by atoms with Crippen LogP contribution in [0, 0.1) is 0 Å². The zero-order valence-electron chi connectivity index (χ0n) is 21.0. The fourth-order valence-electron chi connectivity index (χ4n) is 5.29. The van der Waals surface area contributed by atoms with E-state index in [2.05, 4.69) is 5.32 Å². The number of benzene rings is 1. The minimum atomic E-state index is -1.11. The molecule has 8 heteroatoms. The van der Waals surface area contributed by atoms with Crippen LogP contribution in [-0.2, 0) is 17.9 Å². The van der Waals surface area contributed by atoms with Gasteiger partial charge in [0.25, 0.3) is 5.91 Å². The molecule has 1 unspecified atom stereocenters. The predicted octanol–water partition coefficient (Wildman–Crippen LogP) is 4.80. The smallest absolute Gasteiger partial charge is 0.273 e. The fraction of sp³-hybridized carbons (Fsp3) is 0.464. The number of rotatable bonds is 6. The van der Waals surface area contributed by atoms with Gasteiger partial charge in [-0.2, -0.15) is 5.10 Å². The van der Waals surface area contributed by atoms with E-state index in [0.29, 0.717) is 17.1 Å². The summed E-state index contributed by atoms with van der Waals surface area (Å²) in [6, 6.07) is 13.1. The summed E-state index contributed by atoms with van der Waals surface area (Å²) in [6.45, 7) is 2.32. The van der Waals surface area contributed by atoms with Crippen molar-refractivity contribution >= 4 is 11.8 Å². The number of carbonyl (C=O) groups excluding carboxylic acids is 2. The quantitative estimate of drug-likeness (QED) is 0.536. The van der Waals surface area contributed by atoms with Gasteiger partial charge in [0, 0.05) is 11.6 Å². The van der Waals surface area contributed by atoms with Crippen LogP contribution in [0.1, 0.15) is 68.1 Å². The Morgan fingerprint density at radius 1 is 1.14 bits per heavy atom. The molecule has 0 bridgehead atoms. The van der Waals surface area contributed by atoms with Crippen LogP contribution in [0.4, 0.5) is 0 Å². The van der Waals surface area contributed by atoms with Gasteiger partial charge in [-0.3, -0.25) is 14.3 Å². The second-order valence-electron chi connectivity index (χ2n) is 10.1. The maximum atomic E-state index is 13.8. The third-order valence-electron chi connectivity index (χ3n) is 7.51. The molecule has 0 radical (unpaired) electrons. The average molecular weight is 491 g/mol. The first-order chi connectivity index (χ1) is 17.5. The van der Waals surface area contributed by atoms with Crippen LogP contribution in [-0.4, -0.2) is 45.2 Å². The van der Waals surface area contributed by atoms with Gasteiger partial charge in [0.15, 0.2) is 0 Å². The predicted molar refractivity (Wildman–Crippen MR) is 135 cm³/mol. The van der Waals surface area contributed by atoms with Crippen molar-refractivity contribution in [2.45, 2.75) is 76.5 Å². The highest BCUT2D eigenvalue weighted by Gasteiger charge is 2.48. The van der Waals surface area contributed by atoms with E-state index >= 15 is 0 Å². The molecule has 190 valence electrons. The summed E-state index contributed by atoms with van der Waals surface area (Å²) >= 11 is 0. The Bertz CT molecular complexity index is 1190. The Hall–Kier alpha value is -3.55. The molecule has 2 aliphatic rings. The number of hydrogen-bond donors (Lipinski definition) is 1. The molecule has 1 saturated carbocycles. The van der Waals surface area contributed by atoms with E-state index in [1.54, 1.807) is 35.1 Å². The minimum absolute atomic E-state index is 0.129. The number of furan rings is 1. The number of aromatic nitrogens is 2. The molecule has 2 aromatic heterocycles. The summed E-state index contributed by atoms with van der Waals surface area (Å²) in [7, 11) is 1.62. The topological polar surface area (TPSA) is 89.6 Å². The van der Waals surface area contributed by atoms with Gasteiger partial charge in [-0.25, -0.2) is 0 Å². The van der Waals surface area contributed by atoms with Crippen LogP contribution in [0.2, 0.25) is 0 Å². The monoisotopic (exact) mass is 490 g/mol. The van der Waals surface area contributed by atoms with Crippen LogP contribution in [0.25, 0.3) is 11.3 Å². The molecule has 2 amide bonds. The first-order valence-corrected chi connectivity index (χ1v) is 12.9. The van der Waals surface area contributed by atoms with E-state index in [9.17, 15) is 9.59 Å². The summed E-state index contributed by atoms with van der Waals surface area (Å²) in [5, 5.41) is 8.03. The van der Waals surface area contributed by atoms with Gasteiger partial charge in [0.1, 0.15) is 22.7 Å². The lowest BCUT2D eigenvalue weighted by atomic mass is 9.92. The summed E-state index contributed by atoms with van der Waals surface area (Å²) in [5.74, 6) is 1.01. The molecule has 1 fully saturated rings. The zero-order chi connectivity index (χ0) is 25.1. The SMILES string of the molecule is COc1ccc(-c2cc3n(n2)CC(C)(C(=O)NC2CCCCCCC2)N(Cc2ccco2)C3=O)cc1. The maximum Gasteiger partial charge on any atom is 0.273 e. The van der Waals surface area contributed by atoms with Gasteiger partial charge in [-0.1, -0.05) is 32.1 Å². The molecule has 36 heavy (non-hydrogen) atoms. The van der Waals surface area contributed by atoms with Gasteiger partial charge >= 0.3 is 0 Å². The number of nitrogens with one attached hydrogen (secondary N) is 1. The normalized spacial score (nSPS) is 20.9. The molecular formula is C28H34N4O4. The van der Waals surface area contributed by atoms with Crippen LogP contribution in [0.15, 0.2) is 53.1 Å². The van der Waals surface area contributed by atoms with Crippen molar-refractivity contribution in [3.8, 4) is 17.0 Å². The standard InChI is InChI=1S/C28H34N4O4/c1-28(27(34)29-21-9-6-4-3-5-7-10-21)19-32-25(26(33)31(28)18-23-11-8-16-36-23)17-24(30-32)20-12-14-22(35-2)15-13-20/h8,11-17,21H,3-7,9-10,18-19H2,1-2H3,(H,29,34). The Balaban J connectivity index is 1.46. The third kappa shape index (κ3) is 4.76. The highest BCUT2D eigenvalue weighted by atomic mass is 16.5. The van der Waals surface area contributed by atoms with Crippen molar-refractivity contribution in [1.29, 1.82) is 0 Å². The molecule has 1 N–H and O–H groups in total. The first kappa shape index (κ1) is 24.2. The summed E-state index contributed by atoms with van der Waals surface area (Å²) < 4.78 is 12.5. The Morgan fingerprint density at radius 3 is 2.53 bits per heavy atom. The second kappa shape index (κ2) is 10.2. The van der Waals surface area contributed by atoms with E-state index in [0.717, 1.165) is 37.0 Å². The highest BCUT2D eigenvalue weighted by Crippen LogP contribution is 2.32. The number of fused-ring (bicyclic) bond motifs is 1. The van der Waals surface area contributed by atoms with Crippen molar-refractivity contribution in [1.82, 2.24) is 20.0 Å². The lowest BCUT2D eigenvalue weighted by Crippen LogP contribution is -2.64. The number of ether oxygens (including phenoxy) is 1. The maximum absolute atomic E-state index is 13.8. The van der Waals surface area contributed by atoms with Crippen molar-refractivity contribution in [3.05, 3.63) is 60.2 Å². The van der Waals surface area contributed by atoms with Crippen LogP contribution in [0.5, 0.6) is 5.75 Å². The molecule has 0 spiro atoms. The Morgan fingerprint density at radius 2 is 1.86 bits per heavy atom. The van der Waals surface area contributed by atoms with Gasteiger partial charge < -0.3 is 19.4 Å². The molecule has 1 aromatic carbocycles. The number of hydrogen-bond acceptors (Lipinski definition) is 5. The van der Waals surface area contributed by atoms with Crippen molar-refractivity contribution in [3.63, 3.8) is 0 Å². The number of nitrogens with zero attached hydrogens (tertiary/aromatic N) is 3. The molecule has 0 saturated heterocycles. The Labute approximate surface area is 211 Å². The van der Waals surface area contributed by atoms with Gasteiger partial charge in [-0.05, 0) is 62.2 Å². The van der Waals surface area contributed by atoms with E-state index < -0.39 is 5.54 Å². The van der Waals surface area contributed by atoms with E-state index in [-0.39, 0.29) is 30.9 Å². The number of amides is 2. The molecular weight excluding hydrogens is 456 g/mol. The van der Waals surface area contributed by atoms with Crippen LogP contribution >= 0.6 is 0 Å². The van der Waals surface area contributed by atoms with Crippen molar-refractivity contribution in [2.75, 3.05) is 7.11 Å². The molecule has 3 aromatic rings. The first-order valence-electron chi connectivity index (χ1n) is 12.9. The number of carbonyl (C=O) groups is 2. The summed E-state index contributed by atoms with van der Waals surface area (Å²) in [4.78, 5) is 29.3. The lowest BCUT2D eigenvalue weighted by Gasteiger charge is -2.43. The van der Waals surface area contributed by atoms with Crippen LogP contribution in [0.3, 0.4) is 0 Å². The van der Waals surface area contributed by atoms with E-state index in [1.807, 2.05) is 37.3 Å².